The third-order valence-corrected chi connectivity index (χ3v) is 7.68. The van der Waals surface area contributed by atoms with Gasteiger partial charge in [-0.1, -0.05) is 36.4 Å². The predicted octanol–water partition coefficient (Wildman–Crippen LogP) is 1.66. The van der Waals surface area contributed by atoms with Crippen LogP contribution in [0, 0.1) is 5.92 Å². The van der Waals surface area contributed by atoms with E-state index in [1.807, 2.05) is 52.7 Å². The zero-order valence-electron chi connectivity index (χ0n) is 17.3. The summed E-state index contributed by atoms with van der Waals surface area (Å²) in [5.74, 6) is -0.141. The van der Waals surface area contributed by atoms with Crippen LogP contribution in [0.5, 0.6) is 0 Å². The van der Waals surface area contributed by atoms with Crippen LogP contribution in [0.3, 0.4) is 0 Å². The zero-order valence-corrected chi connectivity index (χ0v) is 18.1. The molecular weight excluding hydrogens is 412 g/mol. The average Bonchev–Trinajstić information content (AvgIpc) is 3.52. The normalized spacial score (nSPS) is 28.3. The van der Waals surface area contributed by atoms with Gasteiger partial charge in [0.25, 0.3) is 0 Å². The van der Waals surface area contributed by atoms with Crippen LogP contribution in [0.15, 0.2) is 47.8 Å². The van der Waals surface area contributed by atoms with Crippen molar-refractivity contribution in [2.45, 2.75) is 37.3 Å². The molecule has 1 aromatic heterocycles. The Labute approximate surface area is 185 Å². The quantitative estimate of drug-likeness (QED) is 0.694. The van der Waals surface area contributed by atoms with Crippen molar-refractivity contribution in [3.05, 3.63) is 58.3 Å². The Morgan fingerprint density at radius 1 is 1.16 bits per heavy atom. The van der Waals surface area contributed by atoms with Crippen molar-refractivity contribution in [3.8, 4) is 0 Å². The Morgan fingerprint density at radius 3 is 2.77 bits per heavy atom. The molecule has 3 aliphatic heterocycles. The smallest absolute Gasteiger partial charge is 0.241 e. The van der Waals surface area contributed by atoms with Gasteiger partial charge in [-0.05, 0) is 23.4 Å². The number of carbonyl (C=O) groups excluding carboxylic acids is 3. The van der Waals surface area contributed by atoms with Crippen LogP contribution in [0.4, 0.5) is 0 Å². The van der Waals surface area contributed by atoms with Gasteiger partial charge < -0.3 is 4.90 Å². The predicted molar refractivity (Wildman–Crippen MR) is 117 cm³/mol. The molecule has 0 bridgehead atoms. The molecule has 2 aromatic rings. The van der Waals surface area contributed by atoms with Gasteiger partial charge >= 0.3 is 0 Å². The lowest BCUT2D eigenvalue weighted by Crippen LogP contribution is -2.50. The van der Waals surface area contributed by atoms with E-state index in [0.717, 1.165) is 23.4 Å². The molecule has 3 unspecified atom stereocenters. The average molecular weight is 439 g/mol. The van der Waals surface area contributed by atoms with Crippen molar-refractivity contribution >= 4 is 29.1 Å². The molecule has 31 heavy (non-hydrogen) atoms. The molecule has 0 saturated carbocycles. The van der Waals surface area contributed by atoms with Crippen LogP contribution in [0.25, 0.3) is 0 Å². The minimum absolute atomic E-state index is 0.0285. The number of hydrogen-bond donors (Lipinski definition) is 2. The van der Waals surface area contributed by atoms with E-state index in [2.05, 4.69) is 10.9 Å². The Kier molecular flexibility index (Phi) is 5.37. The van der Waals surface area contributed by atoms with Crippen molar-refractivity contribution in [2.24, 2.45) is 5.92 Å². The largest absolute Gasteiger partial charge is 0.342 e. The van der Waals surface area contributed by atoms with Gasteiger partial charge in [0.1, 0.15) is 0 Å². The fourth-order valence-electron chi connectivity index (χ4n) is 5.09. The number of piperidine rings is 1. The summed E-state index contributed by atoms with van der Waals surface area (Å²) in [5.41, 5.74) is 6.06. The second kappa shape index (κ2) is 8.18. The molecule has 3 fully saturated rings. The highest BCUT2D eigenvalue weighted by Gasteiger charge is 2.54. The number of imide groups is 1. The van der Waals surface area contributed by atoms with Crippen LogP contribution in [-0.2, 0) is 26.3 Å². The first kappa shape index (κ1) is 20.4. The lowest BCUT2D eigenvalue weighted by Gasteiger charge is -2.36. The first-order chi connectivity index (χ1) is 15.1. The van der Waals surface area contributed by atoms with Crippen molar-refractivity contribution in [1.82, 2.24) is 20.7 Å². The number of thiophene rings is 1. The fourth-order valence-corrected chi connectivity index (χ4v) is 5.78. The van der Waals surface area contributed by atoms with E-state index in [4.69, 9.17) is 0 Å². The minimum Gasteiger partial charge on any atom is -0.342 e. The molecule has 1 aromatic carbocycles. The monoisotopic (exact) mass is 438 g/mol. The molecule has 4 heterocycles. The molecule has 0 aliphatic carbocycles. The summed E-state index contributed by atoms with van der Waals surface area (Å²) >= 11 is 1.52. The lowest BCUT2D eigenvalue weighted by molar-refractivity contribution is -0.143. The highest BCUT2D eigenvalue weighted by Crippen LogP contribution is 2.41. The fraction of sp³-hybridized carbons (Fsp3) is 0.435. The highest BCUT2D eigenvalue weighted by molar-refractivity contribution is 7.09. The summed E-state index contributed by atoms with van der Waals surface area (Å²) in [4.78, 5) is 44.2. The SMILES string of the molecule is O=C(CC1(c2ccccc2)CC(=O)N(Cc2cccs2)C1=O)N1CCC2NNCC2C1. The number of likely N-dealkylation sites (tertiary alicyclic amines) is 2. The topological polar surface area (TPSA) is 81.8 Å². The maximum absolute atomic E-state index is 13.7. The Balaban J connectivity index is 1.41. The Hall–Kier alpha value is -2.55. The number of nitrogens with zero attached hydrogens (tertiary/aromatic N) is 2. The van der Waals surface area contributed by atoms with Gasteiger partial charge in [-0.15, -0.1) is 11.3 Å². The second-order valence-corrected chi connectivity index (χ2v) is 9.72. The van der Waals surface area contributed by atoms with Crippen LogP contribution < -0.4 is 10.9 Å². The number of hydrogen-bond acceptors (Lipinski definition) is 6. The van der Waals surface area contributed by atoms with Gasteiger partial charge in [0, 0.05) is 49.3 Å². The van der Waals surface area contributed by atoms with E-state index in [-0.39, 0.29) is 37.1 Å². The zero-order chi connectivity index (χ0) is 21.4. The van der Waals surface area contributed by atoms with Gasteiger partial charge in [-0.2, -0.15) is 0 Å². The number of carbonyl (C=O) groups is 3. The minimum atomic E-state index is -1.13. The molecule has 3 aliphatic rings. The molecule has 3 atom stereocenters. The van der Waals surface area contributed by atoms with Gasteiger partial charge in [0.05, 0.1) is 12.0 Å². The molecule has 0 spiro atoms. The van der Waals surface area contributed by atoms with Crippen LogP contribution >= 0.6 is 11.3 Å². The molecule has 0 radical (unpaired) electrons. The molecule has 5 rings (SSSR count). The molecule has 2 N–H and O–H groups in total. The number of fused-ring (bicyclic) bond motifs is 1. The van der Waals surface area contributed by atoms with Gasteiger partial charge in [0.2, 0.25) is 17.7 Å². The number of nitrogens with one attached hydrogen (secondary N) is 2. The highest BCUT2D eigenvalue weighted by atomic mass is 32.1. The number of rotatable bonds is 5. The van der Waals surface area contributed by atoms with Crippen LogP contribution in [0.1, 0.15) is 29.7 Å². The molecule has 7 nitrogen and oxygen atoms in total. The van der Waals surface area contributed by atoms with Gasteiger partial charge in [-0.3, -0.25) is 30.1 Å². The Morgan fingerprint density at radius 2 is 2.00 bits per heavy atom. The summed E-state index contributed by atoms with van der Waals surface area (Å²) in [5, 5.41) is 1.94. The Bertz CT molecular complexity index is 980. The van der Waals surface area contributed by atoms with Gasteiger partial charge in [-0.25, -0.2) is 0 Å². The van der Waals surface area contributed by atoms with E-state index >= 15 is 0 Å². The van der Waals surface area contributed by atoms with Crippen LogP contribution in [-0.4, -0.2) is 53.2 Å². The molecule has 162 valence electrons. The van der Waals surface area contributed by atoms with E-state index in [0.29, 0.717) is 25.0 Å². The summed E-state index contributed by atoms with van der Waals surface area (Å²) < 4.78 is 0. The molecular formula is C23H26N4O3S. The first-order valence-corrected chi connectivity index (χ1v) is 11.6. The summed E-state index contributed by atoms with van der Waals surface area (Å²) in [6.45, 7) is 2.45. The first-order valence-electron chi connectivity index (χ1n) is 10.8. The number of amides is 3. The third kappa shape index (κ3) is 3.69. The van der Waals surface area contributed by atoms with Crippen molar-refractivity contribution < 1.29 is 14.4 Å². The number of benzene rings is 1. The lowest BCUT2D eigenvalue weighted by atomic mass is 9.75. The molecule has 3 saturated heterocycles. The third-order valence-electron chi connectivity index (χ3n) is 6.82. The maximum Gasteiger partial charge on any atom is 0.241 e. The summed E-state index contributed by atoms with van der Waals surface area (Å²) in [7, 11) is 0. The van der Waals surface area contributed by atoms with E-state index in [9.17, 15) is 14.4 Å². The summed E-state index contributed by atoms with van der Waals surface area (Å²) in [6.07, 6.45) is 0.954. The van der Waals surface area contributed by atoms with E-state index in [1.54, 1.807) is 0 Å². The summed E-state index contributed by atoms with van der Waals surface area (Å²) in [6, 6.07) is 13.6. The molecule has 8 heteroatoms. The van der Waals surface area contributed by atoms with Crippen LogP contribution in [0.2, 0.25) is 0 Å². The van der Waals surface area contributed by atoms with Crippen molar-refractivity contribution in [2.75, 3.05) is 19.6 Å². The maximum atomic E-state index is 13.7. The van der Waals surface area contributed by atoms with Crippen molar-refractivity contribution in [1.29, 1.82) is 0 Å². The standard InChI is InChI=1S/C23H26N4O3S/c28-20(26-9-8-19-16(14-26)13-24-25-19)11-23(17-5-2-1-3-6-17)12-21(29)27(22(23)30)15-18-7-4-10-31-18/h1-7,10,16,19,24-25H,8-9,11-15H2. The van der Waals surface area contributed by atoms with E-state index in [1.165, 1.54) is 16.2 Å². The molecule has 3 amide bonds. The second-order valence-electron chi connectivity index (χ2n) is 8.69. The van der Waals surface area contributed by atoms with Crippen molar-refractivity contribution in [3.63, 3.8) is 0 Å². The van der Waals surface area contributed by atoms with E-state index < -0.39 is 5.41 Å². The number of hydrazine groups is 1. The van der Waals surface area contributed by atoms with Gasteiger partial charge in [0.15, 0.2) is 0 Å².